The van der Waals surface area contributed by atoms with Crippen LogP contribution in [0.5, 0.6) is 0 Å². The molecule has 2 heterocycles. The van der Waals surface area contributed by atoms with Gasteiger partial charge < -0.3 is 14.2 Å². The fourth-order valence-electron chi connectivity index (χ4n) is 2.49. The molecular weight excluding hydrogens is 270 g/mol. The Hall–Kier alpha value is -1.59. The number of ether oxygens (including phenoxy) is 1. The average Bonchev–Trinajstić information content (AvgIpc) is 2.85. The molecule has 1 amide bonds. The fourth-order valence-corrected chi connectivity index (χ4v) is 2.49. The average molecular weight is 295 g/mol. The van der Waals surface area contributed by atoms with Crippen molar-refractivity contribution in [2.45, 2.75) is 52.9 Å². The van der Waals surface area contributed by atoms with Crippen LogP contribution >= 0.6 is 0 Å². The monoisotopic (exact) mass is 295 g/mol. The summed E-state index contributed by atoms with van der Waals surface area (Å²) in [5.74, 6) is 1.75. The lowest BCUT2D eigenvalue weighted by atomic mass is 9.92. The summed E-state index contributed by atoms with van der Waals surface area (Å²) in [6.07, 6.45) is 2.26. The van der Waals surface area contributed by atoms with Gasteiger partial charge in [-0.3, -0.25) is 0 Å². The molecule has 1 aromatic rings. The quantitative estimate of drug-likeness (QED) is 0.857. The van der Waals surface area contributed by atoms with E-state index >= 15 is 0 Å². The molecule has 118 valence electrons. The van der Waals surface area contributed by atoms with Crippen LogP contribution in [0.3, 0.4) is 0 Å². The standard InChI is InChI=1S/C15H25N3O3/c1-5-20-14(19)18-8-6-11(7-9-18)13-16-12(21-17-13)10-15(2,3)4/h11H,5-10H2,1-4H3. The third-order valence-corrected chi connectivity index (χ3v) is 3.55. The van der Waals surface area contributed by atoms with Gasteiger partial charge >= 0.3 is 6.09 Å². The van der Waals surface area contributed by atoms with Gasteiger partial charge in [0.05, 0.1) is 6.61 Å². The van der Waals surface area contributed by atoms with Gasteiger partial charge in [-0.2, -0.15) is 4.98 Å². The molecule has 0 aromatic carbocycles. The first-order valence-corrected chi connectivity index (χ1v) is 7.63. The molecule has 0 saturated carbocycles. The summed E-state index contributed by atoms with van der Waals surface area (Å²) in [7, 11) is 0. The Morgan fingerprint density at radius 1 is 1.38 bits per heavy atom. The number of carbonyl (C=O) groups excluding carboxylic acids is 1. The molecule has 0 spiro atoms. The molecule has 1 aromatic heterocycles. The van der Waals surface area contributed by atoms with Crippen LogP contribution in [-0.2, 0) is 11.2 Å². The molecule has 6 nitrogen and oxygen atoms in total. The van der Waals surface area contributed by atoms with Crippen molar-refractivity contribution in [1.29, 1.82) is 0 Å². The van der Waals surface area contributed by atoms with Gasteiger partial charge in [0.25, 0.3) is 0 Å². The molecule has 2 rings (SSSR count). The van der Waals surface area contributed by atoms with Gasteiger partial charge in [-0.05, 0) is 25.2 Å². The summed E-state index contributed by atoms with van der Waals surface area (Å²) in [4.78, 5) is 17.9. The fraction of sp³-hybridized carbons (Fsp3) is 0.800. The lowest BCUT2D eigenvalue weighted by Crippen LogP contribution is -2.38. The van der Waals surface area contributed by atoms with Crippen molar-refractivity contribution in [1.82, 2.24) is 15.0 Å². The molecule has 0 bridgehead atoms. The van der Waals surface area contributed by atoms with Crippen LogP contribution in [0.25, 0.3) is 0 Å². The molecule has 0 unspecified atom stereocenters. The van der Waals surface area contributed by atoms with E-state index in [9.17, 15) is 4.79 Å². The molecular formula is C15H25N3O3. The molecule has 1 aliphatic rings. The van der Waals surface area contributed by atoms with Crippen molar-refractivity contribution in [3.05, 3.63) is 11.7 Å². The Kier molecular flexibility index (Phi) is 4.85. The summed E-state index contributed by atoms with van der Waals surface area (Å²) < 4.78 is 10.4. The number of hydrogen-bond acceptors (Lipinski definition) is 5. The lowest BCUT2D eigenvalue weighted by Gasteiger charge is -2.29. The first kappa shape index (κ1) is 15.8. The van der Waals surface area contributed by atoms with E-state index in [4.69, 9.17) is 9.26 Å². The van der Waals surface area contributed by atoms with Crippen LogP contribution in [0, 0.1) is 5.41 Å². The highest BCUT2D eigenvalue weighted by Gasteiger charge is 2.28. The number of likely N-dealkylation sites (tertiary alicyclic amines) is 1. The Balaban J connectivity index is 1.89. The third-order valence-electron chi connectivity index (χ3n) is 3.55. The van der Waals surface area contributed by atoms with Gasteiger partial charge in [-0.25, -0.2) is 4.79 Å². The zero-order chi connectivity index (χ0) is 15.5. The van der Waals surface area contributed by atoms with Crippen molar-refractivity contribution < 1.29 is 14.1 Å². The predicted molar refractivity (Wildman–Crippen MR) is 78.0 cm³/mol. The number of aromatic nitrogens is 2. The smallest absolute Gasteiger partial charge is 0.409 e. The first-order valence-electron chi connectivity index (χ1n) is 7.63. The van der Waals surface area contributed by atoms with E-state index in [2.05, 4.69) is 30.9 Å². The van der Waals surface area contributed by atoms with E-state index < -0.39 is 0 Å². The third kappa shape index (κ3) is 4.44. The van der Waals surface area contributed by atoms with Gasteiger partial charge in [-0.1, -0.05) is 25.9 Å². The molecule has 21 heavy (non-hydrogen) atoms. The zero-order valence-electron chi connectivity index (χ0n) is 13.4. The maximum Gasteiger partial charge on any atom is 0.409 e. The maximum absolute atomic E-state index is 11.7. The van der Waals surface area contributed by atoms with Crippen molar-refractivity contribution >= 4 is 6.09 Å². The minimum Gasteiger partial charge on any atom is -0.450 e. The van der Waals surface area contributed by atoms with Crippen molar-refractivity contribution in [3.8, 4) is 0 Å². The predicted octanol–water partition coefficient (Wildman–Crippen LogP) is 2.99. The van der Waals surface area contributed by atoms with Gasteiger partial charge in [0, 0.05) is 25.4 Å². The van der Waals surface area contributed by atoms with E-state index in [1.165, 1.54) is 0 Å². The summed E-state index contributed by atoms with van der Waals surface area (Å²) in [5, 5.41) is 4.11. The Morgan fingerprint density at radius 3 is 2.62 bits per heavy atom. The molecule has 6 heteroatoms. The SMILES string of the molecule is CCOC(=O)N1CCC(c2noc(CC(C)(C)C)n2)CC1. The molecule has 0 atom stereocenters. The first-order chi connectivity index (χ1) is 9.89. The van der Waals surface area contributed by atoms with Gasteiger partial charge in [-0.15, -0.1) is 0 Å². The number of piperidine rings is 1. The van der Waals surface area contributed by atoms with E-state index in [-0.39, 0.29) is 17.4 Å². The van der Waals surface area contributed by atoms with Crippen molar-refractivity contribution in [2.24, 2.45) is 5.41 Å². The summed E-state index contributed by atoms with van der Waals surface area (Å²) in [6, 6.07) is 0. The van der Waals surface area contributed by atoms with Gasteiger partial charge in [0.2, 0.25) is 5.89 Å². The van der Waals surface area contributed by atoms with Crippen LogP contribution in [0.15, 0.2) is 4.52 Å². The van der Waals surface area contributed by atoms with E-state index in [1.807, 2.05) is 6.92 Å². The number of carbonyl (C=O) groups is 1. The van der Waals surface area contributed by atoms with Crippen LogP contribution < -0.4 is 0 Å². The molecule has 0 N–H and O–H groups in total. The van der Waals surface area contributed by atoms with Crippen LogP contribution in [0.2, 0.25) is 0 Å². The second kappa shape index (κ2) is 6.45. The summed E-state index contributed by atoms with van der Waals surface area (Å²) in [6.45, 7) is 10.1. The lowest BCUT2D eigenvalue weighted by molar-refractivity contribution is 0.0965. The number of rotatable bonds is 3. The van der Waals surface area contributed by atoms with Crippen LogP contribution in [0.1, 0.15) is 58.2 Å². The Bertz CT molecular complexity index is 471. The van der Waals surface area contributed by atoms with Crippen LogP contribution in [-0.4, -0.2) is 40.8 Å². The van der Waals surface area contributed by atoms with Gasteiger partial charge in [0.1, 0.15) is 0 Å². The van der Waals surface area contributed by atoms with Crippen LogP contribution in [0.4, 0.5) is 4.79 Å². The molecule has 0 aliphatic carbocycles. The van der Waals surface area contributed by atoms with Crippen molar-refractivity contribution in [3.63, 3.8) is 0 Å². The number of amides is 1. The molecule has 1 saturated heterocycles. The Morgan fingerprint density at radius 2 is 2.05 bits per heavy atom. The van der Waals surface area contributed by atoms with Gasteiger partial charge in [0.15, 0.2) is 5.82 Å². The largest absolute Gasteiger partial charge is 0.450 e. The number of nitrogens with zero attached hydrogens (tertiary/aromatic N) is 3. The highest BCUT2D eigenvalue weighted by atomic mass is 16.6. The zero-order valence-corrected chi connectivity index (χ0v) is 13.4. The summed E-state index contributed by atoms with van der Waals surface area (Å²) in [5.41, 5.74) is 0.136. The minimum absolute atomic E-state index is 0.136. The Labute approximate surface area is 125 Å². The molecule has 1 fully saturated rings. The second-order valence-corrected chi connectivity index (χ2v) is 6.74. The van der Waals surface area contributed by atoms with E-state index in [0.717, 1.165) is 25.1 Å². The minimum atomic E-state index is -0.225. The maximum atomic E-state index is 11.7. The highest BCUT2D eigenvalue weighted by molar-refractivity contribution is 5.67. The highest BCUT2D eigenvalue weighted by Crippen LogP contribution is 2.27. The second-order valence-electron chi connectivity index (χ2n) is 6.74. The molecule has 0 radical (unpaired) electrons. The number of hydrogen-bond donors (Lipinski definition) is 0. The van der Waals surface area contributed by atoms with Crippen molar-refractivity contribution in [2.75, 3.05) is 19.7 Å². The topological polar surface area (TPSA) is 68.5 Å². The van der Waals surface area contributed by atoms with E-state index in [1.54, 1.807) is 4.90 Å². The van der Waals surface area contributed by atoms with E-state index in [0.29, 0.717) is 25.6 Å². The summed E-state index contributed by atoms with van der Waals surface area (Å²) >= 11 is 0. The molecule has 1 aliphatic heterocycles. The normalized spacial score (nSPS) is 17.0.